The van der Waals surface area contributed by atoms with Crippen molar-refractivity contribution in [1.82, 2.24) is 4.98 Å². The number of rotatable bonds is 3. The Hall–Kier alpha value is -0.353. The van der Waals surface area contributed by atoms with E-state index in [-0.39, 0.29) is 11.6 Å². The lowest BCUT2D eigenvalue weighted by molar-refractivity contribution is -0.135. The fourth-order valence-corrected chi connectivity index (χ4v) is 1.69. The van der Waals surface area contributed by atoms with Crippen molar-refractivity contribution in [3.63, 3.8) is 0 Å². The van der Waals surface area contributed by atoms with Crippen LogP contribution in [-0.4, -0.2) is 25.9 Å². The molecule has 0 spiro atoms. The van der Waals surface area contributed by atoms with Crippen LogP contribution in [0.2, 0.25) is 18.1 Å². The fraction of sp³-hybridized carbons (Fsp3) is 0.875. The standard InChI is InChI=1S/C8H19NO2Si/c1-8(2,3)12(4,5)9-6-7(10)11/h9H,6H2,1-5H3,(H,10,11). The molecule has 0 aliphatic heterocycles. The molecule has 12 heavy (non-hydrogen) atoms. The summed E-state index contributed by atoms with van der Waals surface area (Å²) in [5, 5.41) is 8.70. The lowest BCUT2D eigenvalue weighted by atomic mass is 10.2. The average molecular weight is 189 g/mol. The van der Waals surface area contributed by atoms with E-state index in [1.54, 1.807) is 0 Å². The predicted molar refractivity (Wildman–Crippen MR) is 52.8 cm³/mol. The molecule has 0 aromatic carbocycles. The molecular weight excluding hydrogens is 170 g/mol. The zero-order chi connectivity index (χ0) is 9.99. The lowest BCUT2D eigenvalue weighted by Crippen LogP contribution is -2.53. The van der Waals surface area contributed by atoms with Gasteiger partial charge >= 0.3 is 5.97 Å². The van der Waals surface area contributed by atoms with Gasteiger partial charge in [0, 0.05) is 0 Å². The van der Waals surface area contributed by atoms with E-state index in [9.17, 15) is 4.79 Å². The van der Waals surface area contributed by atoms with Gasteiger partial charge in [0.05, 0.1) is 6.54 Å². The Kier molecular flexibility index (Phi) is 3.47. The Morgan fingerprint density at radius 3 is 2.08 bits per heavy atom. The molecule has 0 aromatic rings. The van der Waals surface area contributed by atoms with Crippen molar-refractivity contribution in [3.8, 4) is 0 Å². The summed E-state index contributed by atoms with van der Waals surface area (Å²) in [7, 11) is -1.60. The summed E-state index contributed by atoms with van der Waals surface area (Å²) in [6, 6.07) is 0. The van der Waals surface area contributed by atoms with E-state index in [1.807, 2.05) is 0 Å². The number of carboxylic acids is 1. The van der Waals surface area contributed by atoms with Crippen molar-refractivity contribution < 1.29 is 9.90 Å². The third kappa shape index (κ3) is 3.36. The first-order chi connectivity index (χ1) is 5.17. The summed E-state index contributed by atoms with van der Waals surface area (Å²) < 4.78 is 0. The molecule has 3 nitrogen and oxygen atoms in total. The zero-order valence-electron chi connectivity index (χ0n) is 8.56. The molecule has 0 aromatic heterocycles. The molecular formula is C8H19NO2Si. The minimum absolute atomic E-state index is 0.0799. The van der Waals surface area contributed by atoms with Crippen molar-refractivity contribution in [2.24, 2.45) is 0 Å². The monoisotopic (exact) mass is 189 g/mol. The quantitative estimate of drug-likeness (QED) is 0.664. The maximum Gasteiger partial charge on any atom is 0.316 e. The van der Waals surface area contributed by atoms with Gasteiger partial charge in [0.25, 0.3) is 0 Å². The van der Waals surface area contributed by atoms with E-state index in [4.69, 9.17) is 5.11 Å². The van der Waals surface area contributed by atoms with Gasteiger partial charge in [0.2, 0.25) is 0 Å². The van der Waals surface area contributed by atoms with Crippen LogP contribution in [0.25, 0.3) is 0 Å². The molecule has 0 unspecified atom stereocenters. The third-order valence-corrected chi connectivity index (χ3v) is 7.37. The molecule has 0 saturated carbocycles. The van der Waals surface area contributed by atoms with E-state index in [0.29, 0.717) is 0 Å². The maximum absolute atomic E-state index is 10.3. The van der Waals surface area contributed by atoms with Crippen LogP contribution in [0.5, 0.6) is 0 Å². The topological polar surface area (TPSA) is 49.3 Å². The number of carbonyl (C=O) groups is 1. The van der Waals surface area contributed by atoms with E-state index in [0.717, 1.165) is 0 Å². The van der Waals surface area contributed by atoms with Crippen LogP contribution in [0.1, 0.15) is 20.8 Å². The van der Waals surface area contributed by atoms with E-state index >= 15 is 0 Å². The summed E-state index contributed by atoms with van der Waals surface area (Å²) in [4.78, 5) is 13.5. The van der Waals surface area contributed by atoms with Crippen LogP contribution in [-0.2, 0) is 4.79 Å². The van der Waals surface area contributed by atoms with Crippen LogP contribution in [0.15, 0.2) is 0 Å². The first kappa shape index (κ1) is 11.6. The molecule has 0 rings (SSSR count). The zero-order valence-corrected chi connectivity index (χ0v) is 9.56. The summed E-state index contributed by atoms with van der Waals surface area (Å²) in [6.45, 7) is 10.8. The van der Waals surface area contributed by atoms with Gasteiger partial charge in [-0.25, -0.2) is 0 Å². The molecule has 4 heteroatoms. The Balaban J connectivity index is 4.14. The molecule has 0 saturated heterocycles. The highest BCUT2D eigenvalue weighted by Crippen LogP contribution is 2.33. The van der Waals surface area contributed by atoms with E-state index < -0.39 is 14.2 Å². The van der Waals surface area contributed by atoms with Crippen molar-refractivity contribution in [2.75, 3.05) is 6.54 Å². The third-order valence-electron chi connectivity index (χ3n) is 2.56. The molecule has 0 amide bonds. The number of nitrogens with one attached hydrogen (secondary N) is 1. The molecule has 72 valence electrons. The molecule has 0 aliphatic carbocycles. The summed E-state index contributed by atoms with van der Waals surface area (Å²) in [5.41, 5.74) is 0. The predicted octanol–water partition coefficient (Wildman–Crippen LogP) is 1.67. The van der Waals surface area contributed by atoms with Gasteiger partial charge in [-0.2, -0.15) is 0 Å². The summed E-state index contributed by atoms with van der Waals surface area (Å²) >= 11 is 0. The van der Waals surface area contributed by atoms with Gasteiger partial charge in [-0.1, -0.05) is 33.9 Å². The molecule has 0 atom stereocenters. The van der Waals surface area contributed by atoms with Gasteiger partial charge in [-0.05, 0) is 5.04 Å². The minimum Gasteiger partial charge on any atom is -0.480 e. The second-order valence-corrected chi connectivity index (χ2v) is 9.73. The minimum atomic E-state index is -1.60. The van der Waals surface area contributed by atoms with Gasteiger partial charge in [0.1, 0.15) is 8.24 Å². The fourth-order valence-electron chi connectivity index (χ4n) is 0.562. The average Bonchev–Trinajstić information content (AvgIpc) is 1.81. The summed E-state index contributed by atoms with van der Waals surface area (Å²) in [6.07, 6.45) is 0. The van der Waals surface area contributed by atoms with Gasteiger partial charge in [-0.15, -0.1) is 0 Å². The molecule has 0 bridgehead atoms. The van der Waals surface area contributed by atoms with Gasteiger partial charge < -0.3 is 10.1 Å². The van der Waals surface area contributed by atoms with Crippen molar-refractivity contribution >= 4 is 14.2 Å². The Bertz CT molecular complexity index is 172. The SMILES string of the molecule is CC(C)(C)[Si](C)(C)NCC(=O)O. The number of hydrogen-bond donors (Lipinski definition) is 2. The Morgan fingerprint density at radius 1 is 1.42 bits per heavy atom. The second kappa shape index (κ2) is 3.58. The highest BCUT2D eigenvalue weighted by atomic mass is 28.3. The van der Waals surface area contributed by atoms with Gasteiger partial charge in [-0.3, -0.25) is 4.79 Å². The van der Waals surface area contributed by atoms with Crippen LogP contribution < -0.4 is 4.98 Å². The normalized spacial score (nSPS) is 13.1. The van der Waals surface area contributed by atoms with Crippen LogP contribution in [0.4, 0.5) is 0 Å². The molecule has 2 N–H and O–H groups in total. The Labute approximate surface area is 75.3 Å². The molecule has 0 radical (unpaired) electrons. The molecule has 0 heterocycles. The van der Waals surface area contributed by atoms with Gasteiger partial charge in [0.15, 0.2) is 0 Å². The maximum atomic E-state index is 10.3. The summed E-state index contributed by atoms with van der Waals surface area (Å²) in [5.74, 6) is -0.778. The largest absolute Gasteiger partial charge is 0.480 e. The Morgan fingerprint density at radius 2 is 1.83 bits per heavy atom. The van der Waals surface area contributed by atoms with Crippen molar-refractivity contribution in [2.45, 2.75) is 38.9 Å². The lowest BCUT2D eigenvalue weighted by Gasteiger charge is -2.36. The highest BCUT2D eigenvalue weighted by molar-refractivity contribution is 6.77. The number of hydrogen-bond acceptors (Lipinski definition) is 2. The van der Waals surface area contributed by atoms with E-state index in [1.165, 1.54) is 0 Å². The second-order valence-electron chi connectivity index (χ2n) is 4.62. The molecule has 0 aliphatic rings. The molecule has 0 fully saturated rings. The number of carboxylic acid groups (broad SMARTS) is 1. The van der Waals surface area contributed by atoms with E-state index in [2.05, 4.69) is 38.8 Å². The van der Waals surface area contributed by atoms with Crippen LogP contribution >= 0.6 is 0 Å². The highest BCUT2D eigenvalue weighted by Gasteiger charge is 2.35. The van der Waals surface area contributed by atoms with Crippen molar-refractivity contribution in [1.29, 1.82) is 0 Å². The van der Waals surface area contributed by atoms with Crippen LogP contribution in [0.3, 0.4) is 0 Å². The first-order valence-electron chi connectivity index (χ1n) is 4.13. The number of aliphatic carboxylic acids is 1. The smallest absolute Gasteiger partial charge is 0.316 e. The first-order valence-corrected chi connectivity index (χ1v) is 7.13. The van der Waals surface area contributed by atoms with Crippen LogP contribution in [0, 0.1) is 0 Å². The van der Waals surface area contributed by atoms with Crippen molar-refractivity contribution in [3.05, 3.63) is 0 Å².